The van der Waals surface area contributed by atoms with Crippen molar-refractivity contribution in [2.75, 3.05) is 12.4 Å². The maximum atomic E-state index is 13.9. The summed E-state index contributed by atoms with van der Waals surface area (Å²) >= 11 is 0. The molecule has 4 aromatic rings. The number of hydrogen-bond acceptors (Lipinski definition) is 7. The highest BCUT2D eigenvalue weighted by molar-refractivity contribution is 6.05. The minimum Gasteiger partial charge on any atom is -0.497 e. The van der Waals surface area contributed by atoms with Crippen LogP contribution in [0.15, 0.2) is 91.0 Å². The van der Waals surface area contributed by atoms with Gasteiger partial charge in [0.2, 0.25) is 5.91 Å². The molecular weight excluding hydrogens is 646 g/mol. The molecule has 2 saturated carbocycles. The molecule has 0 radical (unpaired) electrons. The lowest BCUT2D eigenvalue weighted by Gasteiger charge is -2.32. The van der Waals surface area contributed by atoms with Crippen molar-refractivity contribution >= 4 is 23.4 Å². The number of hydrogen-bond donors (Lipinski definition) is 3. The van der Waals surface area contributed by atoms with E-state index in [1.54, 1.807) is 31.4 Å². The topological polar surface area (TPSA) is 133 Å². The van der Waals surface area contributed by atoms with Gasteiger partial charge in [0.25, 0.3) is 11.8 Å². The molecule has 1 aromatic heterocycles. The molecule has 1 heterocycles. The van der Waals surface area contributed by atoms with E-state index in [1.807, 2.05) is 60.7 Å². The lowest BCUT2D eigenvalue weighted by molar-refractivity contribution is -0.124. The van der Waals surface area contributed by atoms with Gasteiger partial charge in [-0.2, -0.15) is 5.10 Å². The number of aromatic nitrogens is 2. The highest BCUT2D eigenvalue weighted by Gasteiger charge is 2.31. The van der Waals surface area contributed by atoms with Crippen molar-refractivity contribution in [1.29, 1.82) is 0 Å². The van der Waals surface area contributed by atoms with Gasteiger partial charge in [0.1, 0.15) is 18.0 Å². The van der Waals surface area contributed by atoms with Crippen molar-refractivity contribution in [3.63, 3.8) is 0 Å². The molecule has 0 bridgehead atoms. The van der Waals surface area contributed by atoms with Crippen molar-refractivity contribution in [2.24, 2.45) is 0 Å². The minimum absolute atomic E-state index is 0.0121. The van der Waals surface area contributed by atoms with E-state index in [9.17, 15) is 14.4 Å². The Hall–Kier alpha value is -5.00. The predicted octanol–water partition coefficient (Wildman–Crippen LogP) is 6.05. The quantitative estimate of drug-likeness (QED) is 0.147. The Kier molecular flexibility index (Phi) is 12.5. The highest BCUT2D eigenvalue weighted by atomic mass is 16.5. The van der Waals surface area contributed by atoms with Crippen LogP contribution in [0.1, 0.15) is 83.5 Å². The molecule has 3 N–H and O–H groups in total. The third kappa shape index (κ3) is 10.0. The van der Waals surface area contributed by atoms with Gasteiger partial charge >= 0.3 is 0 Å². The average Bonchev–Trinajstić information content (AvgIpc) is 3.59. The first-order valence-electron chi connectivity index (χ1n) is 17.9. The van der Waals surface area contributed by atoms with Crippen LogP contribution in [0.3, 0.4) is 0 Å². The number of ether oxygens (including phenoxy) is 3. The number of nitrogens with one attached hydrogen (secondary N) is 3. The number of nitrogens with zero attached hydrogens (tertiary/aromatic N) is 2. The van der Waals surface area contributed by atoms with Crippen LogP contribution in [0.25, 0.3) is 0 Å². The second kappa shape index (κ2) is 17.8. The number of benzene rings is 3. The molecule has 0 saturated heterocycles. The van der Waals surface area contributed by atoms with Gasteiger partial charge in [-0.1, -0.05) is 92.4 Å². The van der Waals surface area contributed by atoms with Crippen molar-refractivity contribution in [2.45, 2.75) is 95.4 Å². The van der Waals surface area contributed by atoms with Crippen molar-refractivity contribution in [1.82, 2.24) is 20.4 Å². The second-order valence-corrected chi connectivity index (χ2v) is 13.3. The van der Waals surface area contributed by atoms with E-state index in [-0.39, 0.29) is 48.1 Å². The molecule has 51 heavy (non-hydrogen) atoms. The molecule has 11 heteroatoms. The molecule has 0 aliphatic heterocycles. The summed E-state index contributed by atoms with van der Waals surface area (Å²) in [7, 11) is 1.55. The van der Waals surface area contributed by atoms with Gasteiger partial charge in [-0.05, 0) is 48.9 Å². The van der Waals surface area contributed by atoms with E-state index in [1.165, 1.54) is 10.7 Å². The molecule has 3 aromatic carbocycles. The number of rotatable bonds is 14. The van der Waals surface area contributed by atoms with Crippen LogP contribution >= 0.6 is 0 Å². The Balaban J connectivity index is 1.17. The zero-order chi connectivity index (χ0) is 35.4. The summed E-state index contributed by atoms with van der Waals surface area (Å²) in [4.78, 5) is 40.9. The van der Waals surface area contributed by atoms with Crippen LogP contribution in [0.4, 0.5) is 5.69 Å². The molecule has 6 rings (SSSR count). The number of amides is 3. The van der Waals surface area contributed by atoms with E-state index in [0.717, 1.165) is 62.5 Å². The molecule has 268 valence electrons. The van der Waals surface area contributed by atoms with Gasteiger partial charge < -0.3 is 30.2 Å². The molecule has 0 unspecified atom stereocenters. The van der Waals surface area contributed by atoms with Gasteiger partial charge in [0.15, 0.2) is 5.69 Å². The number of carbonyl (C=O) groups is 3. The largest absolute Gasteiger partial charge is 0.497 e. The standard InChI is InChI=1S/C40H47N5O6/c1-49-31-18-12-17-30(23-31)41-39(47)34-24-35(40(48)43-33-20-9-11-22-37(33)51-27-29-15-6-3-7-16-29)45(44-34)25-38(46)42-32-19-8-10-21-36(32)50-26-28-13-4-2-5-14-28/h2-7,12-18,23-24,32-33,36-37H,8-11,19-22,25-27H2,1H3,(H,41,47)(H,42,46)(H,43,48)/t32-,33-,36-,37-/m0/s1. The fourth-order valence-electron chi connectivity index (χ4n) is 6.84. The Bertz CT molecular complexity index is 1750. The number of methoxy groups -OCH3 is 1. The molecule has 2 fully saturated rings. The summed E-state index contributed by atoms with van der Waals surface area (Å²) in [5, 5.41) is 13.6. The second-order valence-electron chi connectivity index (χ2n) is 13.3. The Morgan fingerprint density at radius 3 is 1.90 bits per heavy atom. The van der Waals surface area contributed by atoms with Gasteiger partial charge in [-0.15, -0.1) is 0 Å². The maximum absolute atomic E-state index is 13.9. The zero-order valence-electron chi connectivity index (χ0n) is 29.1. The van der Waals surface area contributed by atoms with Gasteiger partial charge in [0, 0.05) is 17.8 Å². The van der Waals surface area contributed by atoms with Crippen LogP contribution in [0, 0.1) is 0 Å². The lowest BCUT2D eigenvalue weighted by Crippen LogP contribution is -2.48. The van der Waals surface area contributed by atoms with Crippen LogP contribution in [-0.2, 0) is 34.0 Å². The third-order valence-electron chi connectivity index (χ3n) is 9.55. The normalized spacial score (nSPS) is 20.3. The van der Waals surface area contributed by atoms with Crippen molar-refractivity contribution in [3.05, 3.63) is 114 Å². The monoisotopic (exact) mass is 693 g/mol. The highest BCUT2D eigenvalue weighted by Crippen LogP contribution is 2.25. The van der Waals surface area contributed by atoms with E-state index < -0.39 is 11.8 Å². The molecule has 4 atom stereocenters. The van der Waals surface area contributed by atoms with Gasteiger partial charge in [0.05, 0.1) is 44.6 Å². The molecule has 3 amide bonds. The number of anilines is 1. The molecular formula is C40H47N5O6. The molecule has 11 nitrogen and oxygen atoms in total. The summed E-state index contributed by atoms with van der Waals surface area (Å²) < 4.78 is 19.2. The fraction of sp³-hybridized carbons (Fsp3) is 0.400. The van der Waals surface area contributed by atoms with E-state index in [0.29, 0.717) is 24.7 Å². The van der Waals surface area contributed by atoms with Gasteiger partial charge in [-0.25, -0.2) is 4.68 Å². The molecule has 2 aliphatic rings. The Morgan fingerprint density at radius 2 is 1.29 bits per heavy atom. The predicted molar refractivity (Wildman–Crippen MR) is 193 cm³/mol. The fourth-order valence-corrected chi connectivity index (χ4v) is 6.84. The van der Waals surface area contributed by atoms with E-state index in [4.69, 9.17) is 14.2 Å². The lowest BCUT2D eigenvalue weighted by atomic mass is 9.92. The maximum Gasteiger partial charge on any atom is 0.276 e. The van der Waals surface area contributed by atoms with Crippen molar-refractivity contribution < 1.29 is 28.6 Å². The zero-order valence-corrected chi connectivity index (χ0v) is 29.1. The smallest absolute Gasteiger partial charge is 0.276 e. The van der Waals surface area contributed by atoms with Gasteiger partial charge in [-0.3, -0.25) is 14.4 Å². The van der Waals surface area contributed by atoms with Crippen LogP contribution in [0.2, 0.25) is 0 Å². The number of carbonyl (C=O) groups excluding carboxylic acids is 3. The summed E-state index contributed by atoms with van der Waals surface area (Å²) in [5.74, 6) is -0.660. The first-order valence-corrected chi connectivity index (χ1v) is 17.9. The summed E-state index contributed by atoms with van der Waals surface area (Å²) in [6, 6.07) is 27.9. The van der Waals surface area contributed by atoms with E-state index in [2.05, 4.69) is 21.0 Å². The Labute approximate surface area is 299 Å². The third-order valence-corrected chi connectivity index (χ3v) is 9.55. The minimum atomic E-state index is -0.514. The summed E-state index contributed by atoms with van der Waals surface area (Å²) in [6.07, 6.45) is 6.89. The van der Waals surface area contributed by atoms with Crippen LogP contribution in [0.5, 0.6) is 5.75 Å². The van der Waals surface area contributed by atoms with Crippen molar-refractivity contribution in [3.8, 4) is 5.75 Å². The average molecular weight is 694 g/mol. The Morgan fingerprint density at radius 1 is 0.706 bits per heavy atom. The van der Waals surface area contributed by atoms with Crippen LogP contribution in [-0.4, -0.2) is 58.9 Å². The summed E-state index contributed by atoms with van der Waals surface area (Å²) in [5.41, 5.74) is 2.78. The SMILES string of the molecule is COc1cccc(NC(=O)c2cc(C(=O)N[C@H]3CCCC[C@@H]3OCc3ccccc3)n(CC(=O)N[C@H]3CCCC[C@@H]3OCc3ccccc3)n2)c1. The molecule has 0 spiro atoms. The molecule has 2 aliphatic carbocycles. The first kappa shape index (κ1) is 35.8. The van der Waals surface area contributed by atoms with E-state index >= 15 is 0 Å². The summed E-state index contributed by atoms with van der Waals surface area (Å²) in [6.45, 7) is 0.668. The first-order chi connectivity index (χ1) is 24.9. The van der Waals surface area contributed by atoms with Crippen LogP contribution < -0.4 is 20.7 Å².